The van der Waals surface area contributed by atoms with Crippen molar-refractivity contribution >= 4 is 5.69 Å². The second-order valence-electron chi connectivity index (χ2n) is 7.30. The zero-order valence-electron chi connectivity index (χ0n) is 13.5. The molecule has 0 bridgehead atoms. The van der Waals surface area contributed by atoms with Gasteiger partial charge in [0.05, 0.1) is 12.2 Å². The maximum absolute atomic E-state index is 5.77. The maximum atomic E-state index is 5.77. The summed E-state index contributed by atoms with van der Waals surface area (Å²) in [4.78, 5) is 2.41. The van der Waals surface area contributed by atoms with E-state index in [2.05, 4.69) is 69.1 Å². The summed E-state index contributed by atoms with van der Waals surface area (Å²) in [5.74, 6) is 0. The van der Waals surface area contributed by atoms with E-state index in [1.54, 1.807) is 0 Å². The third kappa shape index (κ3) is 4.50. The molecule has 0 amide bonds. The minimum atomic E-state index is -0.0509. The van der Waals surface area contributed by atoms with E-state index in [9.17, 15) is 0 Å². The topological polar surface area (TPSA) is 24.5 Å². The van der Waals surface area contributed by atoms with Crippen LogP contribution in [0.15, 0.2) is 24.3 Å². The van der Waals surface area contributed by atoms with Crippen LogP contribution in [0.3, 0.4) is 0 Å². The van der Waals surface area contributed by atoms with Crippen molar-refractivity contribution < 1.29 is 4.74 Å². The normalized spacial score (nSPS) is 19.1. The molecule has 0 unspecified atom stereocenters. The fourth-order valence-corrected chi connectivity index (χ4v) is 2.43. The number of benzene rings is 1. The van der Waals surface area contributed by atoms with E-state index in [0.717, 1.165) is 26.2 Å². The van der Waals surface area contributed by atoms with Crippen molar-refractivity contribution in [3.05, 3.63) is 29.8 Å². The Labute approximate surface area is 123 Å². The first-order valence-electron chi connectivity index (χ1n) is 7.48. The molecule has 1 aromatic rings. The van der Waals surface area contributed by atoms with Crippen LogP contribution in [0.2, 0.25) is 0 Å². The zero-order valence-corrected chi connectivity index (χ0v) is 13.5. The molecule has 0 aromatic heterocycles. The molecule has 112 valence electrons. The van der Waals surface area contributed by atoms with Crippen LogP contribution in [-0.2, 0) is 11.3 Å². The lowest BCUT2D eigenvalue weighted by atomic mass is 10.1. The minimum absolute atomic E-state index is 0.0509. The predicted molar refractivity (Wildman–Crippen MR) is 85.3 cm³/mol. The molecule has 1 N–H and O–H groups in total. The van der Waals surface area contributed by atoms with E-state index in [-0.39, 0.29) is 11.1 Å². The average molecular weight is 276 g/mol. The largest absolute Gasteiger partial charge is 0.372 e. The van der Waals surface area contributed by atoms with Gasteiger partial charge in [-0.15, -0.1) is 0 Å². The Morgan fingerprint density at radius 2 is 1.85 bits per heavy atom. The fraction of sp³-hybridized carbons (Fsp3) is 0.647. The standard InChI is InChI=1S/C17H28N2O/c1-16(2,3)18-12-14-6-8-15(9-7-14)19-10-11-20-17(4,5)13-19/h6-9,18H,10-13H2,1-5H3. The molecular formula is C17H28N2O. The van der Waals surface area contributed by atoms with Gasteiger partial charge >= 0.3 is 0 Å². The van der Waals surface area contributed by atoms with Crippen molar-refractivity contribution in [3.63, 3.8) is 0 Å². The Morgan fingerprint density at radius 3 is 2.40 bits per heavy atom. The van der Waals surface area contributed by atoms with Crippen LogP contribution in [0, 0.1) is 0 Å². The Morgan fingerprint density at radius 1 is 1.20 bits per heavy atom. The molecule has 0 saturated carbocycles. The molecule has 2 rings (SSSR count). The minimum Gasteiger partial charge on any atom is -0.372 e. The van der Waals surface area contributed by atoms with Crippen molar-refractivity contribution in [2.24, 2.45) is 0 Å². The number of anilines is 1. The summed E-state index contributed by atoms with van der Waals surface area (Å²) in [6.45, 7) is 14.5. The lowest BCUT2D eigenvalue weighted by Crippen LogP contribution is -2.48. The molecule has 1 aromatic carbocycles. The molecule has 1 saturated heterocycles. The Kier molecular flexibility index (Phi) is 4.40. The first-order valence-corrected chi connectivity index (χ1v) is 7.48. The summed E-state index contributed by atoms with van der Waals surface area (Å²) in [5, 5.41) is 3.52. The van der Waals surface area contributed by atoms with Gasteiger partial charge < -0.3 is 15.0 Å². The van der Waals surface area contributed by atoms with Crippen LogP contribution in [-0.4, -0.2) is 30.8 Å². The van der Waals surface area contributed by atoms with E-state index in [4.69, 9.17) is 4.74 Å². The van der Waals surface area contributed by atoms with Crippen molar-refractivity contribution in [3.8, 4) is 0 Å². The van der Waals surface area contributed by atoms with Gasteiger partial charge in [-0.25, -0.2) is 0 Å². The summed E-state index contributed by atoms with van der Waals surface area (Å²) in [6.07, 6.45) is 0. The SMILES string of the molecule is CC(C)(C)NCc1ccc(N2CCOC(C)(C)C2)cc1. The average Bonchev–Trinajstić information content (AvgIpc) is 2.35. The highest BCUT2D eigenvalue weighted by Gasteiger charge is 2.27. The van der Waals surface area contributed by atoms with Crippen molar-refractivity contribution in [1.29, 1.82) is 0 Å². The van der Waals surface area contributed by atoms with Gasteiger partial charge in [0.25, 0.3) is 0 Å². The molecule has 0 spiro atoms. The third-order valence-corrected chi connectivity index (χ3v) is 3.55. The Balaban J connectivity index is 1.97. The van der Waals surface area contributed by atoms with Gasteiger partial charge in [-0.2, -0.15) is 0 Å². The highest BCUT2D eigenvalue weighted by Crippen LogP contribution is 2.23. The number of hydrogen-bond donors (Lipinski definition) is 1. The summed E-state index contributed by atoms with van der Waals surface area (Å²) in [7, 11) is 0. The maximum Gasteiger partial charge on any atom is 0.0801 e. The first-order chi connectivity index (χ1) is 9.25. The van der Waals surface area contributed by atoms with E-state index < -0.39 is 0 Å². The second kappa shape index (κ2) is 5.74. The molecule has 3 heteroatoms. The number of rotatable bonds is 3. The lowest BCUT2D eigenvalue weighted by Gasteiger charge is -2.39. The van der Waals surface area contributed by atoms with Crippen molar-refractivity contribution in [2.75, 3.05) is 24.6 Å². The van der Waals surface area contributed by atoms with Gasteiger partial charge in [0.2, 0.25) is 0 Å². The molecular weight excluding hydrogens is 248 g/mol. The number of ether oxygens (including phenoxy) is 1. The second-order valence-corrected chi connectivity index (χ2v) is 7.30. The highest BCUT2D eigenvalue weighted by atomic mass is 16.5. The Bertz CT molecular complexity index is 431. The van der Waals surface area contributed by atoms with Gasteiger partial charge in [-0.05, 0) is 52.3 Å². The molecule has 0 aliphatic carbocycles. The first kappa shape index (κ1) is 15.3. The summed E-state index contributed by atoms with van der Waals surface area (Å²) >= 11 is 0. The fourth-order valence-electron chi connectivity index (χ4n) is 2.43. The Hall–Kier alpha value is -1.06. The van der Waals surface area contributed by atoms with Gasteiger partial charge in [0.15, 0.2) is 0 Å². The van der Waals surface area contributed by atoms with Gasteiger partial charge in [0, 0.05) is 30.9 Å². The third-order valence-electron chi connectivity index (χ3n) is 3.55. The van der Waals surface area contributed by atoms with E-state index >= 15 is 0 Å². The monoisotopic (exact) mass is 276 g/mol. The highest BCUT2D eigenvalue weighted by molar-refractivity contribution is 5.48. The molecule has 1 aliphatic heterocycles. The van der Waals surface area contributed by atoms with Crippen LogP contribution in [0.4, 0.5) is 5.69 Å². The number of hydrogen-bond acceptors (Lipinski definition) is 3. The van der Waals surface area contributed by atoms with E-state index in [0.29, 0.717) is 0 Å². The molecule has 1 fully saturated rings. The van der Waals surface area contributed by atoms with Gasteiger partial charge in [-0.1, -0.05) is 12.1 Å². The van der Waals surface area contributed by atoms with Crippen LogP contribution in [0.1, 0.15) is 40.2 Å². The van der Waals surface area contributed by atoms with Crippen molar-refractivity contribution in [2.45, 2.75) is 52.3 Å². The molecule has 1 heterocycles. The molecule has 1 aliphatic rings. The molecule has 20 heavy (non-hydrogen) atoms. The summed E-state index contributed by atoms with van der Waals surface area (Å²) in [5.41, 5.74) is 2.73. The van der Waals surface area contributed by atoms with E-state index in [1.807, 2.05) is 0 Å². The van der Waals surface area contributed by atoms with Crippen LogP contribution < -0.4 is 10.2 Å². The molecule has 0 atom stereocenters. The number of nitrogens with one attached hydrogen (secondary N) is 1. The summed E-state index contributed by atoms with van der Waals surface area (Å²) in [6, 6.07) is 8.88. The number of morpholine rings is 1. The van der Waals surface area contributed by atoms with Gasteiger partial charge in [-0.3, -0.25) is 0 Å². The number of nitrogens with zero attached hydrogens (tertiary/aromatic N) is 1. The summed E-state index contributed by atoms with van der Waals surface area (Å²) < 4.78 is 5.77. The molecule has 0 radical (unpaired) electrons. The predicted octanol–water partition coefficient (Wildman–Crippen LogP) is 3.19. The van der Waals surface area contributed by atoms with Crippen LogP contribution >= 0.6 is 0 Å². The van der Waals surface area contributed by atoms with E-state index in [1.165, 1.54) is 11.3 Å². The van der Waals surface area contributed by atoms with Crippen LogP contribution in [0.5, 0.6) is 0 Å². The lowest BCUT2D eigenvalue weighted by molar-refractivity contribution is -0.0276. The van der Waals surface area contributed by atoms with Crippen molar-refractivity contribution in [1.82, 2.24) is 5.32 Å². The quantitative estimate of drug-likeness (QED) is 0.917. The van der Waals surface area contributed by atoms with Gasteiger partial charge in [0.1, 0.15) is 0 Å². The molecule has 3 nitrogen and oxygen atoms in total. The zero-order chi connectivity index (χ0) is 14.8. The smallest absolute Gasteiger partial charge is 0.0801 e. The van der Waals surface area contributed by atoms with Crippen LogP contribution in [0.25, 0.3) is 0 Å².